The van der Waals surface area contributed by atoms with E-state index in [1.807, 2.05) is 18.2 Å². The van der Waals surface area contributed by atoms with Gasteiger partial charge in [0.05, 0.1) is 78.4 Å². The zero-order valence-electron chi connectivity index (χ0n) is 15.3. The highest BCUT2D eigenvalue weighted by molar-refractivity contribution is 5.51. The molecule has 26 heavy (non-hydrogen) atoms. The fraction of sp³-hybridized carbons (Fsp3) is 0.667. The lowest BCUT2D eigenvalue weighted by Gasteiger charge is -2.09. The van der Waals surface area contributed by atoms with Crippen LogP contribution in [0.4, 0.5) is 5.69 Å². The third kappa shape index (κ3) is 12.9. The zero-order chi connectivity index (χ0) is 18.7. The number of ether oxygens (including phenoxy) is 6. The van der Waals surface area contributed by atoms with Crippen LogP contribution in [0.1, 0.15) is 0 Å². The van der Waals surface area contributed by atoms with Gasteiger partial charge in [-0.3, -0.25) is 0 Å². The van der Waals surface area contributed by atoms with Crippen molar-refractivity contribution in [2.45, 2.75) is 0 Å². The van der Waals surface area contributed by atoms with Gasteiger partial charge in [-0.2, -0.15) is 0 Å². The van der Waals surface area contributed by atoms with Crippen molar-refractivity contribution >= 4 is 5.69 Å². The summed E-state index contributed by atoms with van der Waals surface area (Å²) in [5, 5.41) is 8.52. The van der Waals surface area contributed by atoms with Crippen molar-refractivity contribution in [2.75, 3.05) is 85.0 Å². The first kappa shape index (κ1) is 22.6. The summed E-state index contributed by atoms with van der Waals surface area (Å²) in [5.74, 6) is 0.672. The van der Waals surface area contributed by atoms with Crippen molar-refractivity contribution < 1.29 is 33.5 Å². The number of anilines is 1. The Bertz CT molecular complexity index is 434. The third-order valence-electron chi connectivity index (χ3n) is 3.13. The van der Waals surface area contributed by atoms with E-state index in [1.54, 1.807) is 6.07 Å². The van der Waals surface area contributed by atoms with Gasteiger partial charge in [-0.15, -0.1) is 0 Å². The molecule has 3 N–H and O–H groups in total. The lowest BCUT2D eigenvalue weighted by Crippen LogP contribution is -2.14. The molecule has 0 bridgehead atoms. The van der Waals surface area contributed by atoms with Gasteiger partial charge in [0.2, 0.25) is 0 Å². The molecule has 8 nitrogen and oxygen atoms in total. The summed E-state index contributed by atoms with van der Waals surface area (Å²) in [5.41, 5.74) is 6.39. The molecule has 1 aromatic carbocycles. The highest BCUT2D eigenvalue weighted by atomic mass is 16.6. The van der Waals surface area contributed by atoms with Crippen LogP contribution in [-0.4, -0.2) is 84.4 Å². The summed E-state index contributed by atoms with van der Waals surface area (Å²) >= 11 is 0. The van der Waals surface area contributed by atoms with E-state index in [1.165, 1.54) is 0 Å². The molecule has 0 saturated heterocycles. The van der Waals surface area contributed by atoms with Gasteiger partial charge in [0, 0.05) is 0 Å². The summed E-state index contributed by atoms with van der Waals surface area (Å²) < 4.78 is 32.0. The van der Waals surface area contributed by atoms with Gasteiger partial charge in [0.25, 0.3) is 0 Å². The van der Waals surface area contributed by atoms with Crippen molar-refractivity contribution in [2.24, 2.45) is 0 Å². The van der Waals surface area contributed by atoms with Gasteiger partial charge in [0.1, 0.15) is 12.4 Å². The van der Waals surface area contributed by atoms with E-state index in [4.69, 9.17) is 39.3 Å². The van der Waals surface area contributed by atoms with Crippen molar-refractivity contribution in [3.8, 4) is 5.75 Å². The number of benzene rings is 1. The van der Waals surface area contributed by atoms with Crippen LogP contribution in [0.5, 0.6) is 5.75 Å². The van der Waals surface area contributed by atoms with Gasteiger partial charge in [-0.05, 0) is 12.1 Å². The molecular weight excluding hydrogens is 342 g/mol. The van der Waals surface area contributed by atoms with Gasteiger partial charge in [-0.25, -0.2) is 0 Å². The Balaban J connectivity index is 1.74. The minimum Gasteiger partial charge on any atom is -0.489 e. The molecule has 8 heteroatoms. The molecule has 0 aliphatic heterocycles. The standard InChI is InChI=1S/C18H31NO7/c19-17-3-1-2-4-18(17)26-16-15-25-14-13-24-12-11-23-10-9-22-8-7-21-6-5-20/h1-4,20H,5-16,19H2. The summed E-state index contributed by atoms with van der Waals surface area (Å²) in [6.07, 6.45) is 0. The average molecular weight is 373 g/mol. The first-order valence-corrected chi connectivity index (χ1v) is 8.81. The Hall–Kier alpha value is -1.42. The fourth-order valence-electron chi connectivity index (χ4n) is 1.87. The van der Waals surface area contributed by atoms with Crippen LogP contribution in [0.25, 0.3) is 0 Å². The van der Waals surface area contributed by atoms with E-state index in [9.17, 15) is 0 Å². The second kappa shape index (κ2) is 17.0. The zero-order valence-corrected chi connectivity index (χ0v) is 15.3. The predicted octanol–water partition coefficient (Wildman–Crippen LogP) is 0.723. The molecular formula is C18H31NO7. The molecule has 0 spiro atoms. The summed E-state index contributed by atoms with van der Waals surface area (Å²) in [6.45, 7) is 5.35. The Labute approximate surface area is 155 Å². The summed E-state index contributed by atoms with van der Waals surface area (Å²) in [7, 11) is 0. The second-order valence-electron chi connectivity index (χ2n) is 5.17. The maximum absolute atomic E-state index is 8.52. The molecule has 0 fully saturated rings. The molecule has 0 aliphatic rings. The quantitative estimate of drug-likeness (QED) is 0.287. The van der Waals surface area contributed by atoms with Crippen LogP contribution in [-0.2, 0) is 23.7 Å². The number of aliphatic hydroxyl groups excluding tert-OH is 1. The van der Waals surface area contributed by atoms with Crippen LogP contribution >= 0.6 is 0 Å². The van der Waals surface area contributed by atoms with Crippen molar-refractivity contribution in [1.82, 2.24) is 0 Å². The van der Waals surface area contributed by atoms with Crippen LogP contribution < -0.4 is 10.5 Å². The molecule has 150 valence electrons. The largest absolute Gasteiger partial charge is 0.489 e. The van der Waals surface area contributed by atoms with Gasteiger partial charge >= 0.3 is 0 Å². The SMILES string of the molecule is Nc1ccccc1OCCOCCOCCOCCOCCOCCO. The van der Waals surface area contributed by atoms with E-state index in [-0.39, 0.29) is 6.61 Å². The highest BCUT2D eigenvalue weighted by Gasteiger charge is 1.98. The molecule has 0 radical (unpaired) electrons. The molecule has 1 aromatic rings. The van der Waals surface area contributed by atoms with E-state index in [2.05, 4.69) is 0 Å². The first-order valence-electron chi connectivity index (χ1n) is 8.81. The molecule has 0 unspecified atom stereocenters. The topological polar surface area (TPSA) is 102 Å². The Morgan fingerprint density at radius 1 is 0.615 bits per heavy atom. The molecule has 0 aliphatic carbocycles. The average Bonchev–Trinajstić information content (AvgIpc) is 2.65. The van der Waals surface area contributed by atoms with E-state index < -0.39 is 0 Å². The van der Waals surface area contributed by atoms with Crippen LogP contribution in [0.2, 0.25) is 0 Å². The van der Waals surface area contributed by atoms with Gasteiger partial charge < -0.3 is 39.3 Å². The lowest BCUT2D eigenvalue weighted by atomic mass is 10.3. The van der Waals surface area contributed by atoms with Gasteiger partial charge in [0.15, 0.2) is 0 Å². The predicted molar refractivity (Wildman–Crippen MR) is 97.5 cm³/mol. The van der Waals surface area contributed by atoms with Crippen LogP contribution in [0.3, 0.4) is 0 Å². The fourth-order valence-corrected chi connectivity index (χ4v) is 1.87. The minimum absolute atomic E-state index is 0.0325. The molecule has 0 aromatic heterocycles. The Kier molecular flexibility index (Phi) is 14.8. The number of aliphatic hydroxyl groups is 1. The van der Waals surface area contributed by atoms with Crippen molar-refractivity contribution in [3.05, 3.63) is 24.3 Å². The number of nitrogen functional groups attached to an aromatic ring is 1. The maximum Gasteiger partial charge on any atom is 0.142 e. The number of para-hydroxylation sites is 2. The highest BCUT2D eigenvalue weighted by Crippen LogP contribution is 2.19. The van der Waals surface area contributed by atoms with E-state index in [0.717, 1.165) is 0 Å². The maximum atomic E-state index is 8.52. The summed E-state index contributed by atoms with van der Waals surface area (Å²) in [4.78, 5) is 0. The normalized spacial score (nSPS) is 11.0. The Morgan fingerprint density at radius 3 is 1.50 bits per heavy atom. The number of nitrogens with two attached hydrogens (primary N) is 1. The number of hydrogen-bond donors (Lipinski definition) is 2. The first-order chi connectivity index (χ1) is 12.8. The van der Waals surface area contributed by atoms with E-state index in [0.29, 0.717) is 84.1 Å². The monoisotopic (exact) mass is 373 g/mol. The van der Waals surface area contributed by atoms with E-state index >= 15 is 0 Å². The van der Waals surface area contributed by atoms with Crippen molar-refractivity contribution in [3.63, 3.8) is 0 Å². The molecule has 0 atom stereocenters. The third-order valence-corrected chi connectivity index (χ3v) is 3.13. The number of hydrogen-bond acceptors (Lipinski definition) is 8. The Morgan fingerprint density at radius 2 is 1.04 bits per heavy atom. The van der Waals surface area contributed by atoms with Gasteiger partial charge in [-0.1, -0.05) is 12.1 Å². The van der Waals surface area contributed by atoms with Crippen LogP contribution in [0, 0.1) is 0 Å². The van der Waals surface area contributed by atoms with Crippen molar-refractivity contribution in [1.29, 1.82) is 0 Å². The molecule has 0 saturated carbocycles. The lowest BCUT2D eigenvalue weighted by molar-refractivity contribution is -0.0146. The smallest absolute Gasteiger partial charge is 0.142 e. The molecule has 1 rings (SSSR count). The minimum atomic E-state index is 0.0325. The molecule has 0 heterocycles. The molecule has 0 amide bonds. The van der Waals surface area contributed by atoms with Crippen LogP contribution in [0.15, 0.2) is 24.3 Å². The summed E-state index contributed by atoms with van der Waals surface area (Å²) in [6, 6.07) is 7.37. The number of rotatable bonds is 18. The second-order valence-corrected chi connectivity index (χ2v) is 5.17.